The van der Waals surface area contributed by atoms with Gasteiger partial charge in [0.15, 0.2) is 0 Å². The molecule has 2 N–H and O–H groups in total. The van der Waals surface area contributed by atoms with Crippen molar-refractivity contribution in [3.05, 3.63) is 29.8 Å². The normalized spacial score (nSPS) is 21.1. The second kappa shape index (κ2) is 7.71. The van der Waals surface area contributed by atoms with Crippen LogP contribution < -0.4 is 15.5 Å². The highest BCUT2D eigenvalue weighted by atomic mass is 16.2. The zero-order valence-corrected chi connectivity index (χ0v) is 14.2. The van der Waals surface area contributed by atoms with Crippen molar-refractivity contribution in [2.75, 3.05) is 18.0 Å². The standard InChI is InChI=1S/C19H29N3O/c1-15-14-16-8-5-6-11-18(16)22(15)13-7-12-20-19(23)21-17-9-3-2-4-10-17/h5-6,8,11,15,17H,2-4,7,9-10,12-14H2,1H3,(H2,20,21,23). The minimum atomic E-state index is 0.00627. The van der Waals surface area contributed by atoms with Gasteiger partial charge in [0.1, 0.15) is 0 Å². The maximum atomic E-state index is 11.9. The van der Waals surface area contributed by atoms with Crippen LogP contribution in [0.3, 0.4) is 0 Å². The lowest BCUT2D eigenvalue weighted by Gasteiger charge is -2.25. The third-order valence-electron chi connectivity index (χ3n) is 5.15. The highest BCUT2D eigenvalue weighted by Crippen LogP contribution is 2.31. The summed E-state index contributed by atoms with van der Waals surface area (Å²) in [6.07, 6.45) is 8.19. The molecule has 1 unspecified atom stereocenters. The predicted molar refractivity (Wildman–Crippen MR) is 95.0 cm³/mol. The number of carbonyl (C=O) groups excluding carboxylic acids is 1. The van der Waals surface area contributed by atoms with E-state index in [1.165, 1.54) is 30.5 Å². The Balaban J connectivity index is 1.37. The van der Waals surface area contributed by atoms with Crippen LogP contribution in [0.5, 0.6) is 0 Å². The first-order valence-electron chi connectivity index (χ1n) is 9.13. The Morgan fingerprint density at radius 2 is 2.00 bits per heavy atom. The van der Waals surface area contributed by atoms with E-state index in [4.69, 9.17) is 0 Å². The summed E-state index contributed by atoms with van der Waals surface area (Å²) in [5, 5.41) is 6.12. The van der Waals surface area contributed by atoms with Gasteiger partial charge in [-0.15, -0.1) is 0 Å². The van der Waals surface area contributed by atoms with Crippen molar-refractivity contribution in [1.82, 2.24) is 10.6 Å². The van der Waals surface area contributed by atoms with Crippen molar-refractivity contribution in [3.63, 3.8) is 0 Å². The van der Waals surface area contributed by atoms with Crippen molar-refractivity contribution in [2.45, 2.75) is 64.0 Å². The first kappa shape index (κ1) is 16.2. The molecule has 126 valence electrons. The molecule has 1 aliphatic heterocycles. The maximum absolute atomic E-state index is 11.9. The van der Waals surface area contributed by atoms with Gasteiger partial charge in [0.2, 0.25) is 0 Å². The van der Waals surface area contributed by atoms with Crippen LogP contribution in [0.2, 0.25) is 0 Å². The van der Waals surface area contributed by atoms with Gasteiger partial charge < -0.3 is 15.5 Å². The number of rotatable bonds is 5. The van der Waals surface area contributed by atoms with Crippen molar-refractivity contribution in [1.29, 1.82) is 0 Å². The van der Waals surface area contributed by atoms with E-state index in [0.717, 1.165) is 38.8 Å². The van der Waals surface area contributed by atoms with Crippen LogP contribution in [-0.4, -0.2) is 31.2 Å². The van der Waals surface area contributed by atoms with E-state index in [-0.39, 0.29) is 6.03 Å². The average Bonchev–Trinajstić information content (AvgIpc) is 2.88. The average molecular weight is 315 g/mol. The molecule has 1 fully saturated rings. The maximum Gasteiger partial charge on any atom is 0.315 e. The molecule has 1 aromatic carbocycles. The lowest BCUT2D eigenvalue weighted by Crippen LogP contribution is -2.43. The Bertz CT molecular complexity index is 525. The quantitative estimate of drug-likeness (QED) is 0.817. The Morgan fingerprint density at radius 3 is 2.83 bits per heavy atom. The summed E-state index contributed by atoms with van der Waals surface area (Å²) in [6, 6.07) is 9.61. The zero-order chi connectivity index (χ0) is 16.1. The number of fused-ring (bicyclic) bond motifs is 1. The third-order valence-corrected chi connectivity index (χ3v) is 5.15. The summed E-state index contributed by atoms with van der Waals surface area (Å²) in [4.78, 5) is 14.4. The fraction of sp³-hybridized carbons (Fsp3) is 0.632. The summed E-state index contributed by atoms with van der Waals surface area (Å²) in [6.45, 7) is 4.02. The number of nitrogens with one attached hydrogen (secondary N) is 2. The highest BCUT2D eigenvalue weighted by Gasteiger charge is 2.24. The molecule has 2 aliphatic rings. The molecular weight excluding hydrogens is 286 g/mol. The van der Waals surface area contributed by atoms with Gasteiger partial charge in [-0.05, 0) is 44.2 Å². The monoisotopic (exact) mass is 315 g/mol. The molecule has 0 aromatic heterocycles. The van der Waals surface area contributed by atoms with E-state index in [9.17, 15) is 4.79 Å². The summed E-state index contributed by atoms with van der Waals surface area (Å²) in [7, 11) is 0. The molecule has 0 radical (unpaired) electrons. The SMILES string of the molecule is CC1Cc2ccccc2N1CCCNC(=O)NC1CCCCC1. The minimum Gasteiger partial charge on any atom is -0.368 e. The van der Waals surface area contributed by atoms with Crippen LogP contribution in [0.4, 0.5) is 10.5 Å². The van der Waals surface area contributed by atoms with Crippen LogP contribution in [0, 0.1) is 0 Å². The van der Waals surface area contributed by atoms with E-state index in [2.05, 4.69) is 46.7 Å². The second-order valence-corrected chi connectivity index (χ2v) is 6.96. The number of anilines is 1. The molecule has 4 heteroatoms. The van der Waals surface area contributed by atoms with E-state index in [1.807, 2.05) is 0 Å². The largest absolute Gasteiger partial charge is 0.368 e. The summed E-state index contributed by atoms with van der Waals surface area (Å²) in [5.41, 5.74) is 2.81. The number of amides is 2. The van der Waals surface area contributed by atoms with Crippen LogP contribution in [-0.2, 0) is 6.42 Å². The Kier molecular flexibility index (Phi) is 5.42. The summed E-state index contributed by atoms with van der Waals surface area (Å²) < 4.78 is 0. The Labute approximate surface area is 139 Å². The first-order chi connectivity index (χ1) is 11.2. The van der Waals surface area contributed by atoms with Gasteiger partial charge >= 0.3 is 6.03 Å². The molecule has 0 spiro atoms. The molecule has 1 saturated carbocycles. The molecule has 4 nitrogen and oxygen atoms in total. The Hall–Kier alpha value is -1.71. The molecule has 1 aromatic rings. The van der Waals surface area contributed by atoms with Gasteiger partial charge in [-0.1, -0.05) is 37.5 Å². The smallest absolute Gasteiger partial charge is 0.315 e. The lowest BCUT2D eigenvalue weighted by atomic mass is 9.96. The third kappa shape index (κ3) is 4.18. The molecule has 1 heterocycles. The van der Waals surface area contributed by atoms with Gasteiger partial charge in [0.05, 0.1) is 0 Å². The second-order valence-electron chi connectivity index (χ2n) is 6.96. The van der Waals surface area contributed by atoms with Gasteiger partial charge in [-0.25, -0.2) is 4.79 Å². The van der Waals surface area contributed by atoms with Crippen molar-refractivity contribution < 1.29 is 4.79 Å². The molecule has 0 saturated heterocycles. The minimum absolute atomic E-state index is 0.00627. The molecule has 2 amide bonds. The first-order valence-corrected chi connectivity index (χ1v) is 9.13. The summed E-state index contributed by atoms with van der Waals surface area (Å²) in [5.74, 6) is 0. The van der Waals surface area contributed by atoms with Crippen molar-refractivity contribution in [3.8, 4) is 0 Å². The molecule has 1 aliphatic carbocycles. The van der Waals surface area contributed by atoms with Crippen LogP contribution >= 0.6 is 0 Å². The van der Waals surface area contributed by atoms with E-state index >= 15 is 0 Å². The number of hydrogen-bond acceptors (Lipinski definition) is 2. The van der Waals surface area contributed by atoms with Crippen LogP contribution in [0.25, 0.3) is 0 Å². The zero-order valence-electron chi connectivity index (χ0n) is 14.2. The molecule has 3 rings (SSSR count). The van der Waals surface area contributed by atoms with E-state index in [1.54, 1.807) is 0 Å². The van der Waals surface area contributed by atoms with Gasteiger partial charge in [0.25, 0.3) is 0 Å². The van der Waals surface area contributed by atoms with Crippen molar-refractivity contribution in [2.24, 2.45) is 0 Å². The molecule has 1 atom stereocenters. The molecule has 23 heavy (non-hydrogen) atoms. The fourth-order valence-electron chi connectivity index (χ4n) is 3.91. The number of carbonyl (C=O) groups is 1. The molecular formula is C19H29N3O. The topological polar surface area (TPSA) is 44.4 Å². The highest BCUT2D eigenvalue weighted by molar-refractivity contribution is 5.74. The van der Waals surface area contributed by atoms with E-state index < -0.39 is 0 Å². The van der Waals surface area contributed by atoms with Crippen LogP contribution in [0.15, 0.2) is 24.3 Å². The number of benzene rings is 1. The predicted octanol–water partition coefficient (Wildman–Crippen LogP) is 3.46. The number of para-hydroxylation sites is 1. The molecule has 0 bridgehead atoms. The number of nitrogens with zero attached hydrogens (tertiary/aromatic N) is 1. The van der Waals surface area contributed by atoms with Gasteiger partial charge in [-0.3, -0.25) is 0 Å². The Morgan fingerprint density at radius 1 is 1.22 bits per heavy atom. The fourth-order valence-corrected chi connectivity index (χ4v) is 3.91. The number of hydrogen-bond donors (Lipinski definition) is 2. The summed E-state index contributed by atoms with van der Waals surface area (Å²) >= 11 is 0. The lowest BCUT2D eigenvalue weighted by molar-refractivity contribution is 0.232. The van der Waals surface area contributed by atoms with E-state index in [0.29, 0.717) is 12.1 Å². The number of urea groups is 1. The van der Waals surface area contributed by atoms with Crippen molar-refractivity contribution >= 4 is 11.7 Å². The van der Waals surface area contributed by atoms with Gasteiger partial charge in [0, 0.05) is 30.9 Å². The van der Waals surface area contributed by atoms with Crippen LogP contribution in [0.1, 0.15) is 51.0 Å². The van der Waals surface area contributed by atoms with Gasteiger partial charge in [-0.2, -0.15) is 0 Å².